The maximum atomic E-state index is 2.34. The van der Waals surface area contributed by atoms with Crippen molar-refractivity contribution in [3.8, 4) is 0 Å². The third kappa shape index (κ3) is 6.64. The quantitative estimate of drug-likeness (QED) is 0.442. The van der Waals surface area contributed by atoms with Crippen molar-refractivity contribution < 1.29 is 12.4 Å². The number of hydrogen-bond acceptors (Lipinski definition) is 0. The molecule has 0 N–H and O–H groups in total. The summed E-state index contributed by atoms with van der Waals surface area (Å²) in [5.74, 6) is 2.80. The second-order valence-electron chi connectivity index (χ2n) is 1.77. The van der Waals surface area contributed by atoms with E-state index in [9.17, 15) is 0 Å². The van der Waals surface area contributed by atoms with Crippen molar-refractivity contribution in [2.24, 2.45) is 0 Å². The first-order chi connectivity index (χ1) is 3.31. The lowest BCUT2D eigenvalue weighted by Gasteiger charge is -1.93. The standard InChI is InChI=1S/C6H15S.ClH/c1-4-6-7(3)5-2;/h4-6H2,1-3H3;1H/q+1;/p-1. The van der Waals surface area contributed by atoms with Gasteiger partial charge in [-0.25, -0.2) is 0 Å². The number of hydrogen-bond donors (Lipinski definition) is 0. The van der Waals surface area contributed by atoms with E-state index in [2.05, 4.69) is 20.1 Å². The van der Waals surface area contributed by atoms with Gasteiger partial charge in [0.05, 0.1) is 6.26 Å². The summed E-state index contributed by atoms with van der Waals surface area (Å²) in [6.07, 6.45) is 3.69. The van der Waals surface area contributed by atoms with Crippen LogP contribution in [0.3, 0.4) is 0 Å². The fourth-order valence-corrected chi connectivity index (χ4v) is 1.48. The zero-order valence-corrected chi connectivity index (χ0v) is 7.48. The first-order valence-corrected chi connectivity index (χ1v) is 4.87. The van der Waals surface area contributed by atoms with Crippen molar-refractivity contribution in [2.45, 2.75) is 20.3 Å². The van der Waals surface area contributed by atoms with E-state index in [1.165, 1.54) is 17.9 Å². The number of rotatable bonds is 3. The van der Waals surface area contributed by atoms with Crippen LogP contribution in [0.5, 0.6) is 0 Å². The third-order valence-electron chi connectivity index (χ3n) is 1.05. The maximum absolute atomic E-state index is 2.34. The highest BCUT2D eigenvalue weighted by Gasteiger charge is 2.01. The second kappa shape index (κ2) is 7.64. The molecule has 0 saturated carbocycles. The van der Waals surface area contributed by atoms with Gasteiger partial charge in [0.2, 0.25) is 0 Å². The lowest BCUT2D eigenvalue weighted by atomic mass is 10.6. The van der Waals surface area contributed by atoms with Crippen LogP contribution in [0, 0.1) is 0 Å². The lowest BCUT2D eigenvalue weighted by Crippen LogP contribution is -3.00. The molecule has 0 spiro atoms. The summed E-state index contributed by atoms with van der Waals surface area (Å²) in [5.41, 5.74) is 0. The van der Waals surface area contributed by atoms with Crippen LogP contribution in [0.4, 0.5) is 0 Å². The Morgan fingerprint density at radius 1 is 1.25 bits per heavy atom. The highest BCUT2D eigenvalue weighted by atomic mass is 35.5. The van der Waals surface area contributed by atoms with Gasteiger partial charge in [0, 0.05) is 0 Å². The third-order valence-corrected chi connectivity index (χ3v) is 3.14. The van der Waals surface area contributed by atoms with Gasteiger partial charge in [-0.3, -0.25) is 0 Å². The maximum Gasteiger partial charge on any atom is 0.107 e. The van der Waals surface area contributed by atoms with Crippen LogP contribution in [0.2, 0.25) is 0 Å². The summed E-state index contributed by atoms with van der Waals surface area (Å²) >= 11 is 0. The Bertz CT molecular complexity index is 39.5. The first kappa shape index (κ1) is 11.4. The Labute approximate surface area is 61.8 Å². The largest absolute Gasteiger partial charge is 1.00 e. The van der Waals surface area contributed by atoms with Gasteiger partial charge in [0.25, 0.3) is 0 Å². The van der Waals surface area contributed by atoms with Gasteiger partial charge in [-0.05, 0) is 24.2 Å². The molecule has 0 aliphatic rings. The van der Waals surface area contributed by atoms with Crippen LogP contribution in [0.1, 0.15) is 20.3 Å². The fourth-order valence-electron chi connectivity index (χ4n) is 0.493. The SMILES string of the molecule is CCC[S+](C)CC.[Cl-]. The molecule has 0 heterocycles. The molecule has 0 bridgehead atoms. The highest BCUT2D eigenvalue weighted by Crippen LogP contribution is 1.91. The molecule has 0 aliphatic heterocycles. The minimum absolute atomic E-state index is 0. The molecule has 1 atom stereocenters. The van der Waals surface area contributed by atoms with Crippen LogP contribution in [0.25, 0.3) is 0 Å². The van der Waals surface area contributed by atoms with Gasteiger partial charge in [0.1, 0.15) is 11.5 Å². The lowest BCUT2D eigenvalue weighted by molar-refractivity contribution is -0.00000171. The van der Waals surface area contributed by atoms with Gasteiger partial charge in [-0.2, -0.15) is 0 Å². The van der Waals surface area contributed by atoms with Crippen LogP contribution in [0.15, 0.2) is 0 Å². The van der Waals surface area contributed by atoms with Crippen molar-refractivity contribution in [1.29, 1.82) is 0 Å². The van der Waals surface area contributed by atoms with Crippen molar-refractivity contribution in [1.82, 2.24) is 0 Å². The zero-order chi connectivity index (χ0) is 5.70. The Balaban J connectivity index is 0. The molecule has 52 valence electrons. The first-order valence-electron chi connectivity index (χ1n) is 2.90. The van der Waals surface area contributed by atoms with Gasteiger partial charge >= 0.3 is 0 Å². The fraction of sp³-hybridized carbons (Fsp3) is 1.00. The van der Waals surface area contributed by atoms with Crippen LogP contribution in [-0.4, -0.2) is 17.8 Å². The predicted octanol–water partition coefficient (Wildman–Crippen LogP) is -1.33. The van der Waals surface area contributed by atoms with Crippen molar-refractivity contribution >= 4 is 10.9 Å². The Morgan fingerprint density at radius 3 is 1.88 bits per heavy atom. The van der Waals surface area contributed by atoms with E-state index in [0.29, 0.717) is 0 Å². The smallest absolute Gasteiger partial charge is 0.107 e. The summed E-state index contributed by atoms with van der Waals surface area (Å²) in [7, 11) is 0.723. The predicted molar refractivity (Wildman–Crippen MR) is 39.0 cm³/mol. The molecule has 1 unspecified atom stereocenters. The molecular formula is C6H15ClS. The van der Waals surface area contributed by atoms with E-state index in [1.807, 2.05) is 0 Å². The topological polar surface area (TPSA) is 0 Å². The molecule has 0 amide bonds. The molecule has 0 radical (unpaired) electrons. The Hall–Kier alpha value is 0.640. The number of halogens is 1. The normalized spacial score (nSPS) is 12.4. The minimum atomic E-state index is 0. The van der Waals surface area contributed by atoms with E-state index in [-0.39, 0.29) is 12.4 Å². The van der Waals surface area contributed by atoms with E-state index in [1.54, 1.807) is 0 Å². The van der Waals surface area contributed by atoms with Crippen LogP contribution in [-0.2, 0) is 10.9 Å². The van der Waals surface area contributed by atoms with Crippen LogP contribution < -0.4 is 12.4 Å². The Morgan fingerprint density at radius 2 is 1.75 bits per heavy atom. The summed E-state index contributed by atoms with van der Waals surface area (Å²) in [4.78, 5) is 0. The van der Waals surface area contributed by atoms with E-state index < -0.39 is 0 Å². The molecule has 0 rings (SSSR count). The minimum Gasteiger partial charge on any atom is -1.00 e. The molecular weight excluding hydrogens is 140 g/mol. The van der Waals surface area contributed by atoms with Gasteiger partial charge < -0.3 is 12.4 Å². The second-order valence-corrected chi connectivity index (χ2v) is 4.32. The average Bonchev–Trinajstić information content (AvgIpc) is 1.68. The molecule has 2 heteroatoms. The summed E-state index contributed by atoms with van der Waals surface area (Å²) < 4.78 is 0. The van der Waals surface area contributed by atoms with Crippen LogP contribution >= 0.6 is 0 Å². The van der Waals surface area contributed by atoms with Gasteiger partial charge in [-0.15, -0.1) is 0 Å². The molecule has 0 fully saturated rings. The van der Waals surface area contributed by atoms with Crippen molar-refractivity contribution in [2.75, 3.05) is 17.8 Å². The van der Waals surface area contributed by atoms with Gasteiger partial charge in [-0.1, -0.05) is 6.92 Å². The van der Waals surface area contributed by atoms with E-state index in [0.717, 1.165) is 10.9 Å². The van der Waals surface area contributed by atoms with E-state index >= 15 is 0 Å². The molecule has 8 heavy (non-hydrogen) atoms. The van der Waals surface area contributed by atoms with Crippen molar-refractivity contribution in [3.05, 3.63) is 0 Å². The molecule has 0 aromatic carbocycles. The monoisotopic (exact) mass is 154 g/mol. The molecule has 0 saturated heterocycles. The molecule has 0 aliphatic carbocycles. The summed E-state index contributed by atoms with van der Waals surface area (Å²) in [6.45, 7) is 4.51. The summed E-state index contributed by atoms with van der Waals surface area (Å²) in [6, 6.07) is 0. The average molecular weight is 155 g/mol. The Kier molecular flexibility index (Phi) is 10.9. The molecule has 0 aromatic rings. The highest BCUT2D eigenvalue weighted by molar-refractivity contribution is 7.96. The van der Waals surface area contributed by atoms with Crippen molar-refractivity contribution in [3.63, 3.8) is 0 Å². The summed E-state index contributed by atoms with van der Waals surface area (Å²) in [5, 5.41) is 0. The van der Waals surface area contributed by atoms with Gasteiger partial charge in [0.15, 0.2) is 0 Å². The van der Waals surface area contributed by atoms with E-state index in [4.69, 9.17) is 0 Å². The zero-order valence-electron chi connectivity index (χ0n) is 5.91. The molecule has 0 aromatic heterocycles. The molecule has 0 nitrogen and oxygen atoms in total.